The standard InChI is InChI=1S/C8H16N4O3S/c1-11(4-3-5-16(13,14)15)6-8-7-12(2)10-9-8/h7H,3-6H2,1-2H3,(H,13,14,15)/p+1. The molecule has 2 N–H and O–H groups in total. The van der Waals surface area contributed by atoms with Gasteiger partial charge >= 0.3 is 0 Å². The predicted molar refractivity (Wildman–Crippen MR) is 57.5 cm³/mol. The van der Waals surface area contributed by atoms with Gasteiger partial charge in [-0.05, 0) is 0 Å². The lowest BCUT2D eigenvalue weighted by atomic mass is 10.4. The Bertz CT molecular complexity index is 428. The fourth-order valence-corrected chi connectivity index (χ4v) is 1.94. The Kier molecular flexibility index (Phi) is 4.39. The first-order valence-electron chi connectivity index (χ1n) is 4.98. The van der Waals surface area contributed by atoms with Gasteiger partial charge in [0.15, 0.2) is 0 Å². The Labute approximate surface area is 94.8 Å². The van der Waals surface area contributed by atoms with Crippen LogP contribution in [0.1, 0.15) is 12.1 Å². The third-order valence-corrected chi connectivity index (χ3v) is 2.94. The second kappa shape index (κ2) is 5.37. The summed E-state index contributed by atoms with van der Waals surface area (Å²) in [6, 6.07) is 0. The fraction of sp³-hybridized carbons (Fsp3) is 0.750. The van der Waals surface area contributed by atoms with E-state index in [1.807, 2.05) is 13.2 Å². The molecule has 0 bridgehead atoms. The summed E-state index contributed by atoms with van der Waals surface area (Å²) in [7, 11) is -0.0950. The van der Waals surface area contributed by atoms with Crippen LogP contribution in [0.3, 0.4) is 0 Å². The lowest BCUT2D eigenvalue weighted by molar-refractivity contribution is -0.894. The average molecular weight is 249 g/mol. The number of hydrogen-bond donors (Lipinski definition) is 2. The van der Waals surface area contributed by atoms with Gasteiger partial charge in [-0.15, -0.1) is 5.10 Å². The van der Waals surface area contributed by atoms with E-state index < -0.39 is 10.1 Å². The van der Waals surface area contributed by atoms with Crippen molar-refractivity contribution in [3.63, 3.8) is 0 Å². The van der Waals surface area contributed by atoms with Crippen molar-refractivity contribution in [1.29, 1.82) is 0 Å². The van der Waals surface area contributed by atoms with E-state index in [9.17, 15) is 8.42 Å². The number of hydrogen-bond acceptors (Lipinski definition) is 4. The molecule has 0 aliphatic heterocycles. The molecule has 92 valence electrons. The molecular weight excluding hydrogens is 232 g/mol. The zero-order chi connectivity index (χ0) is 12.2. The first-order chi connectivity index (χ1) is 7.37. The maximum Gasteiger partial charge on any atom is 0.265 e. The molecule has 0 aliphatic rings. The van der Waals surface area contributed by atoms with Gasteiger partial charge in [0, 0.05) is 13.5 Å². The Morgan fingerprint density at radius 3 is 2.75 bits per heavy atom. The van der Waals surface area contributed by atoms with Crippen LogP contribution in [0, 0.1) is 0 Å². The Balaban J connectivity index is 2.29. The van der Waals surface area contributed by atoms with E-state index in [0.717, 1.165) is 10.6 Å². The van der Waals surface area contributed by atoms with Crippen molar-refractivity contribution in [2.75, 3.05) is 19.3 Å². The molecule has 1 rings (SSSR count). The minimum absolute atomic E-state index is 0.190. The van der Waals surface area contributed by atoms with Crippen molar-refractivity contribution in [3.8, 4) is 0 Å². The van der Waals surface area contributed by atoms with Crippen molar-refractivity contribution in [2.45, 2.75) is 13.0 Å². The van der Waals surface area contributed by atoms with Gasteiger partial charge in [-0.25, -0.2) is 0 Å². The van der Waals surface area contributed by atoms with Crippen LogP contribution in [-0.4, -0.2) is 47.3 Å². The van der Waals surface area contributed by atoms with E-state index in [-0.39, 0.29) is 5.75 Å². The molecule has 8 heteroatoms. The molecule has 0 aromatic carbocycles. The van der Waals surface area contributed by atoms with Crippen LogP contribution in [0.5, 0.6) is 0 Å². The molecule has 0 spiro atoms. The molecule has 1 aromatic rings. The lowest BCUT2D eigenvalue weighted by Gasteiger charge is -2.11. The van der Waals surface area contributed by atoms with Crippen LogP contribution < -0.4 is 4.90 Å². The van der Waals surface area contributed by atoms with Crippen LogP contribution in [0.4, 0.5) is 0 Å². The minimum atomic E-state index is -3.83. The van der Waals surface area contributed by atoms with Crippen molar-refractivity contribution in [3.05, 3.63) is 11.9 Å². The molecule has 16 heavy (non-hydrogen) atoms. The summed E-state index contributed by atoms with van der Waals surface area (Å²) >= 11 is 0. The van der Waals surface area contributed by atoms with Gasteiger partial charge in [-0.1, -0.05) is 5.21 Å². The van der Waals surface area contributed by atoms with Gasteiger partial charge in [-0.2, -0.15) is 8.42 Å². The Morgan fingerprint density at radius 1 is 1.56 bits per heavy atom. The van der Waals surface area contributed by atoms with E-state index in [2.05, 4.69) is 10.3 Å². The second-order valence-electron chi connectivity index (χ2n) is 3.91. The monoisotopic (exact) mass is 249 g/mol. The molecule has 0 saturated carbocycles. The average Bonchev–Trinajstić information content (AvgIpc) is 2.48. The molecular formula is C8H17N4O3S+. The van der Waals surface area contributed by atoms with Gasteiger partial charge in [0.1, 0.15) is 12.2 Å². The van der Waals surface area contributed by atoms with Crippen molar-refractivity contribution in [1.82, 2.24) is 15.0 Å². The van der Waals surface area contributed by atoms with E-state index in [4.69, 9.17) is 4.55 Å². The van der Waals surface area contributed by atoms with Crippen molar-refractivity contribution in [2.24, 2.45) is 7.05 Å². The molecule has 0 fully saturated rings. The highest BCUT2D eigenvalue weighted by atomic mass is 32.2. The largest absolute Gasteiger partial charge is 0.332 e. The van der Waals surface area contributed by atoms with Crippen LogP contribution >= 0.6 is 0 Å². The highest BCUT2D eigenvalue weighted by molar-refractivity contribution is 7.85. The maximum atomic E-state index is 10.5. The molecule has 0 amide bonds. The molecule has 0 aliphatic carbocycles. The summed E-state index contributed by atoms with van der Waals surface area (Å²) in [5, 5.41) is 7.74. The zero-order valence-corrected chi connectivity index (χ0v) is 10.2. The Hall–Kier alpha value is -0.990. The molecule has 1 heterocycles. The highest BCUT2D eigenvalue weighted by Gasteiger charge is 2.09. The smallest absolute Gasteiger partial charge is 0.265 e. The van der Waals surface area contributed by atoms with Crippen LogP contribution in [-0.2, 0) is 23.7 Å². The van der Waals surface area contributed by atoms with Gasteiger partial charge in [0.25, 0.3) is 10.1 Å². The fourth-order valence-electron chi connectivity index (χ4n) is 1.43. The topological polar surface area (TPSA) is 89.5 Å². The number of rotatable bonds is 6. The summed E-state index contributed by atoms with van der Waals surface area (Å²) in [6.45, 7) is 1.36. The van der Waals surface area contributed by atoms with E-state index in [1.54, 1.807) is 11.7 Å². The van der Waals surface area contributed by atoms with Gasteiger partial charge in [-0.3, -0.25) is 9.23 Å². The van der Waals surface area contributed by atoms with Gasteiger partial charge < -0.3 is 4.90 Å². The molecule has 7 nitrogen and oxygen atoms in total. The number of aromatic nitrogens is 3. The number of nitrogens with zero attached hydrogens (tertiary/aromatic N) is 3. The summed E-state index contributed by atoms with van der Waals surface area (Å²) < 4.78 is 31.2. The predicted octanol–water partition coefficient (Wildman–Crippen LogP) is -1.89. The van der Waals surface area contributed by atoms with E-state index in [1.165, 1.54) is 0 Å². The van der Waals surface area contributed by atoms with Crippen LogP contribution in [0.25, 0.3) is 0 Å². The maximum absolute atomic E-state index is 10.5. The third kappa shape index (κ3) is 5.19. The van der Waals surface area contributed by atoms with E-state index >= 15 is 0 Å². The van der Waals surface area contributed by atoms with Crippen molar-refractivity contribution < 1.29 is 17.9 Å². The van der Waals surface area contributed by atoms with Crippen molar-refractivity contribution >= 4 is 10.1 Å². The lowest BCUT2D eigenvalue weighted by Crippen LogP contribution is -3.07. The quantitative estimate of drug-likeness (QED) is 0.575. The SMILES string of the molecule is Cn1cc(C[NH+](C)CCCS(=O)(=O)O)nn1. The zero-order valence-electron chi connectivity index (χ0n) is 9.42. The molecule has 1 aromatic heterocycles. The first kappa shape index (κ1) is 13.1. The minimum Gasteiger partial charge on any atom is -0.332 e. The molecule has 0 radical (unpaired) electrons. The molecule has 0 saturated heterocycles. The number of quaternary nitrogens is 1. The highest BCUT2D eigenvalue weighted by Crippen LogP contribution is 1.88. The van der Waals surface area contributed by atoms with Crippen LogP contribution in [0.15, 0.2) is 6.20 Å². The molecule has 1 atom stereocenters. The third-order valence-electron chi connectivity index (χ3n) is 2.14. The number of aryl methyl sites for hydroxylation is 1. The normalized spacial score (nSPS) is 13.9. The summed E-state index contributed by atoms with van der Waals surface area (Å²) in [4.78, 5) is 1.13. The van der Waals surface area contributed by atoms with Gasteiger partial charge in [0.2, 0.25) is 0 Å². The molecule has 1 unspecified atom stereocenters. The van der Waals surface area contributed by atoms with Gasteiger partial charge in [0.05, 0.1) is 25.5 Å². The van der Waals surface area contributed by atoms with Crippen LogP contribution in [0.2, 0.25) is 0 Å². The van der Waals surface area contributed by atoms with E-state index in [0.29, 0.717) is 19.5 Å². The summed E-state index contributed by atoms with van der Waals surface area (Å²) in [6.07, 6.45) is 2.26. The summed E-state index contributed by atoms with van der Waals surface area (Å²) in [5.41, 5.74) is 0.867. The number of nitrogens with one attached hydrogen (secondary N) is 1. The first-order valence-corrected chi connectivity index (χ1v) is 6.59. The summed E-state index contributed by atoms with van der Waals surface area (Å²) in [5.74, 6) is -0.190. The second-order valence-corrected chi connectivity index (χ2v) is 5.48. The Morgan fingerprint density at radius 2 is 2.25 bits per heavy atom.